The van der Waals surface area contributed by atoms with Gasteiger partial charge in [-0.15, -0.1) is 0 Å². The van der Waals surface area contributed by atoms with Crippen molar-refractivity contribution in [3.63, 3.8) is 0 Å². The molecular weight excluding hydrogens is 220 g/mol. The minimum atomic E-state index is -0.527. The highest BCUT2D eigenvalue weighted by Crippen LogP contribution is 2.08. The first-order valence-corrected chi connectivity index (χ1v) is 5.98. The van der Waals surface area contributed by atoms with Gasteiger partial charge in [-0.2, -0.15) is 0 Å². The first kappa shape index (κ1) is 15.7. The molecule has 0 heterocycles. The minimum absolute atomic E-state index is 0.112. The molecule has 2 unspecified atom stereocenters. The van der Waals surface area contributed by atoms with Crippen molar-refractivity contribution in [2.75, 3.05) is 0 Å². The minimum Gasteiger partial charge on any atom is -0.462 e. The van der Waals surface area contributed by atoms with Crippen LogP contribution in [0.2, 0.25) is 0 Å². The lowest BCUT2D eigenvalue weighted by Crippen LogP contribution is -2.19. The maximum absolute atomic E-state index is 11.5. The molecule has 0 aromatic heterocycles. The molecular formula is C13H22O4. The Hall–Kier alpha value is -1.32. The molecule has 17 heavy (non-hydrogen) atoms. The second-order valence-electron chi connectivity index (χ2n) is 4.11. The molecule has 4 heteroatoms. The van der Waals surface area contributed by atoms with Gasteiger partial charge in [0.15, 0.2) is 0 Å². The summed E-state index contributed by atoms with van der Waals surface area (Å²) in [7, 11) is 0. The van der Waals surface area contributed by atoms with Gasteiger partial charge in [0, 0.05) is 5.57 Å². The van der Waals surface area contributed by atoms with E-state index in [2.05, 4.69) is 6.58 Å². The lowest BCUT2D eigenvalue weighted by atomic mass is 10.2. The van der Waals surface area contributed by atoms with E-state index in [9.17, 15) is 9.59 Å². The van der Waals surface area contributed by atoms with E-state index in [1.165, 1.54) is 0 Å². The van der Waals surface area contributed by atoms with Crippen LogP contribution in [0.15, 0.2) is 12.2 Å². The third-order valence-corrected chi connectivity index (χ3v) is 2.44. The first-order chi connectivity index (χ1) is 7.90. The van der Waals surface area contributed by atoms with Gasteiger partial charge in [-0.25, -0.2) is 4.79 Å². The van der Waals surface area contributed by atoms with Crippen molar-refractivity contribution in [1.82, 2.24) is 0 Å². The Kier molecular flexibility index (Phi) is 7.26. The molecule has 0 radical (unpaired) electrons. The quantitative estimate of drug-likeness (QED) is 0.508. The summed E-state index contributed by atoms with van der Waals surface area (Å²) in [4.78, 5) is 22.9. The summed E-state index contributed by atoms with van der Waals surface area (Å²) in [6, 6.07) is 0. The molecule has 0 saturated carbocycles. The van der Waals surface area contributed by atoms with Crippen LogP contribution in [0.1, 0.15) is 47.0 Å². The van der Waals surface area contributed by atoms with E-state index in [0.717, 1.165) is 12.8 Å². The number of hydrogen-bond acceptors (Lipinski definition) is 4. The molecule has 0 aliphatic heterocycles. The highest BCUT2D eigenvalue weighted by Gasteiger charge is 2.17. The molecule has 0 fully saturated rings. The van der Waals surface area contributed by atoms with Crippen molar-refractivity contribution in [3.05, 3.63) is 12.2 Å². The molecule has 4 nitrogen and oxygen atoms in total. The van der Waals surface area contributed by atoms with Crippen LogP contribution in [-0.4, -0.2) is 24.1 Å². The van der Waals surface area contributed by atoms with Crippen molar-refractivity contribution in [3.8, 4) is 0 Å². The number of ether oxygens (including phenoxy) is 2. The zero-order chi connectivity index (χ0) is 13.4. The fourth-order valence-electron chi connectivity index (χ4n) is 0.945. The van der Waals surface area contributed by atoms with E-state index in [1.807, 2.05) is 13.8 Å². The fraction of sp³-hybridized carbons (Fsp3) is 0.692. The predicted molar refractivity (Wildman–Crippen MR) is 65.4 cm³/mol. The topological polar surface area (TPSA) is 52.6 Å². The lowest BCUT2D eigenvalue weighted by Gasteiger charge is -2.13. The van der Waals surface area contributed by atoms with Gasteiger partial charge in [-0.3, -0.25) is 4.79 Å². The summed E-state index contributed by atoms with van der Waals surface area (Å²) in [5.41, 5.74) is 0.138. The summed E-state index contributed by atoms with van der Waals surface area (Å²) in [5.74, 6) is -0.967. The summed E-state index contributed by atoms with van der Waals surface area (Å²) in [6.07, 6.45) is 1.07. The average molecular weight is 242 g/mol. The Labute approximate surface area is 103 Å². The second kappa shape index (κ2) is 7.87. The largest absolute Gasteiger partial charge is 0.462 e. The molecule has 0 N–H and O–H groups in total. The predicted octanol–water partition coefficient (Wildman–Crippen LogP) is 2.62. The van der Waals surface area contributed by atoms with Crippen LogP contribution in [0.3, 0.4) is 0 Å². The fourth-order valence-corrected chi connectivity index (χ4v) is 0.945. The molecule has 98 valence electrons. The molecule has 0 aromatic rings. The Morgan fingerprint density at radius 1 is 1.06 bits per heavy atom. The maximum Gasteiger partial charge on any atom is 0.334 e. The highest BCUT2D eigenvalue weighted by molar-refractivity contribution is 5.93. The summed E-state index contributed by atoms with van der Waals surface area (Å²) in [6.45, 7) is 11.0. The Morgan fingerprint density at radius 2 is 1.53 bits per heavy atom. The van der Waals surface area contributed by atoms with E-state index < -0.39 is 11.9 Å². The van der Waals surface area contributed by atoms with Gasteiger partial charge in [-0.05, 0) is 26.7 Å². The van der Waals surface area contributed by atoms with Gasteiger partial charge in [0.1, 0.15) is 0 Å². The molecule has 0 rings (SSSR count). The van der Waals surface area contributed by atoms with Crippen molar-refractivity contribution >= 4 is 11.9 Å². The average Bonchev–Trinajstić information content (AvgIpc) is 2.28. The third kappa shape index (κ3) is 6.76. The van der Waals surface area contributed by atoms with Gasteiger partial charge >= 0.3 is 11.9 Å². The second-order valence-corrected chi connectivity index (χ2v) is 4.11. The van der Waals surface area contributed by atoms with E-state index in [0.29, 0.717) is 0 Å². The lowest BCUT2D eigenvalue weighted by molar-refractivity contribution is -0.151. The van der Waals surface area contributed by atoms with Gasteiger partial charge < -0.3 is 9.47 Å². The number of rotatable bonds is 7. The standard InChI is InChI=1S/C13H22O4/c1-6-10(4)16-12(14)8-9(3)13(15)17-11(5)7-2/h10-11H,3,6-8H2,1-2,4-5H3. The van der Waals surface area contributed by atoms with Crippen LogP contribution >= 0.6 is 0 Å². The Bertz CT molecular complexity index is 283. The van der Waals surface area contributed by atoms with Crippen LogP contribution in [0.5, 0.6) is 0 Å². The van der Waals surface area contributed by atoms with Gasteiger partial charge in [0.2, 0.25) is 0 Å². The van der Waals surface area contributed by atoms with Crippen LogP contribution in [0.4, 0.5) is 0 Å². The SMILES string of the molecule is C=C(CC(=O)OC(C)CC)C(=O)OC(C)CC. The van der Waals surface area contributed by atoms with Crippen LogP contribution in [-0.2, 0) is 19.1 Å². The monoisotopic (exact) mass is 242 g/mol. The van der Waals surface area contributed by atoms with E-state index in [4.69, 9.17) is 9.47 Å². The van der Waals surface area contributed by atoms with E-state index >= 15 is 0 Å². The third-order valence-electron chi connectivity index (χ3n) is 2.44. The summed E-state index contributed by atoms with van der Waals surface area (Å²) in [5, 5.41) is 0. The molecule has 0 bridgehead atoms. The smallest absolute Gasteiger partial charge is 0.334 e. The van der Waals surface area contributed by atoms with E-state index in [-0.39, 0.29) is 24.2 Å². The summed E-state index contributed by atoms with van der Waals surface area (Å²) < 4.78 is 10.1. The molecule has 0 saturated heterocycles. The number of carbonyl (C=O) groups is 2. The van der Waals surface area contributed by atoms with Crippen molar-refractivity contribution in [1.29, 1.82) is 0 Å². The normalized spacial score (nSPS) is 13.6. The highest BCUT2D eigenvalue weighted by atomic mass is 16.5. The number of carbonyl (C=O) groups excluding carboxylic acids is 2. The van der Waals surface area contributed by atoms with Gasteiger partial charge in [0.05, 0.1) is 18.6 Å². The van der Waals surface area contributed by atoms with Crippen molar-refractivity contribution < 1.29 is 19.1 Å². The Morgan fingerprint density at radius 3 is 2.00 bits per heavy atom. The van der Waals surface area contributed by atoms with Crippen LogP contribution < -0.4 is 0 Å². The summed E-state index contributed by atoms with van der Waals surface area (Å²) >= 11 is 0. The molecule has 0 amide bonds. The zero-order valence-corrected chi connectivity index (χ0v) is 11.1. The van der Waals surface area contributed by atoms with Crippen molar-refractivity contribution in [2.24, 2.45) is 0 Å². The van der Waals surface area contributed by atoms with Gasteiger partial charge in [0.25, 0.3) is 0 Å². The molecule has 0 aliphatic carbocycles. The first-order valence-electron chi connectivity index (χ1n) is 5.98. The molecule has 0 aromatic carbocycles. The Balaban J connectivity index is 4.08. The molecule has 0 spiro atoms. The number of esters is 2. The van der Waals surface area contributed by atoms with E-state index in [1.54, 1.807) is 13.8 Å². The zero-order valence-electron chi connectivity index (χ0n) is 11.1. The number of hydrogen-bond donors (Lipinski definition) is 0. The van der Waals surface area contributed by atoms with Gasteiger partial charge in [-0.1, -0.05) is 20.4 Å². The molecule has 2 atom stereocenters. The maximum atomic E-state index is 11.5. The van der Waals surface area contributed by atoms with Crippen molar-refractivity contribution in [2.45, 2.75) is 59.2 Å². The van der Waals surface area contributed by atoms with Crippen LogP contribution in [0, 0.1) is 0 Å². The van der Waals surface area contributed by atoms with Crippen LogP contribution in [0.25, 0.3) is 0 Å². The molecule has 0 aliphatic rings.